The number of nitrogens with zero attached hydrogens (tertiary/aromatic N) is 7. The fourth-order valence-electron chi connectivity index (χ4n) is 12.7. The number of piperidine rings is 1. The van der Waals surface area contributed by atoms with Crippen molar-refractivity contribution in [3.05, 3.63) is 113 Å². The second-order valence-corrected chi connectivity index (χ2v) is 21.9. The number of aromatic amines is 2. The van der Waals surface area contributed by atoms with E-state index in [-0.39, 0.29) is 59.4 Å². The van der Waals surface area contributed by atoms with Gasteiger partial charge in [-0.15, -0.1) is 0 Å². The van der Waals surface area contributed by atoms with Gasteiger partial charge in [0.1, 0.15) is 35.2 Å². The van der Waals surface area contributed by atoms with Gasteiger partial charge < -0.3 is 49.5 Å². The van der Waals surface area contributed by atoms with Crippen molar-refractivity contribution in [1.82, 2.24) is 40.0 Å². The topological polar surface area (TPSA) is 193 Å². The highest BCUT2D eigenvalue weighted by Crippen LogP contribution is 2.49. The number of ether oxygens (including phenoxy) is 2. The number of methoxy groups -OCH3 is 2. The third kappa shape index (κ3) is 10.3. The van der Waals surface area contributed by atoms with E-state index >= 15 is 8.78 Å². The number of hydrogen-bond acceptors (Lipinski definition) is 10. The van der Waals surface area contributed by atoms with Crippen LogP contribution in [0.5, 0.6) is 5.75 Å². The van der Waals surface area contributed by atoms with E-state index in [1.165, 1.54) is 31.9 Å². The fourth-order valence-corrected chi connectivity index (χ4v) is 12.7. The van der Waals surface area contributed by atoms with Crippen LogP contribution in [0, 0.1) is 23.5 Å². The molecule has 0 saturated carbocycles. The van der Waals surface area contributed by atoms with Crippen molar-refractivity contribution < 1.29 is 42.5 Å². The van der Waals surface area contributed by atoms with Gasteiger partial charge in [0.15, 0.2) is 11.6 Å². The number of carboxylic acid groups (broad SMARTS) is 1. The molecule has 4 amide bonds. The second-order valence-electron chi connectivity index (χ2n) is 21.9. The summed E-state index contributed by atoms with van der Waals surface area (Å²) in [5.41, 5.74) is 6.33. The fraction of sp³-hybridized carbons (Fsp3) is 0.483. The summed E-state index contributed by atoms with van der Waals surface area (Å²) in [7, 11) is 4.34. The number of carbonyl (C=O) groups excluding carboxylic acids is 3. The number of carbonyl (C=O) groups is 4. The Balaban J connectivity index is 0.965. The average Bonchev–Trinajstić information content (AvgIpc) is 4.29. The number of halogens is 2. The molecule has 0 unspecified atom stereocenters. The Labute approximate surface area is 447 Å². The summed E-state index contributed by atoms with van der Waals surface area (Å²) < 4.78 is 44.0. The minimum Gasteiger partial charge on any atom is -0.497 e. The van der Waals surface area contributed by atoms with Crippen LogP contribution in [0.4, 0.5) is 29.7 Å². The molecule has 4 aliphatic heterocycles. The SMILES string of the molecule is COC(=O)N[C@H](C(=O)N1CCC[C@H]1c1nc2ccc([C@H]3CC[C@H](c4ccc5nc([C@@H]6CCCN6C(=O)[C@H](C(C)C)N(C)C(=O)O)[nH]c5c4)N3c3cc(F)c(N4CCC(c5ccc(OC)cc5)CC4)c(F)c3)cc2[nH]1)C(C)C. The lowest BCUT2D eigenvalue weighted by molar-refractivity contribution is -0.138. The van der Waals surface area contributed by atoms with Crippen LogP contribution in [0.15, 0.2) is 72.8 Å². The Morgan fingerprint density at radius 3 is 1.68 bits per heavy atom. The lowest BCUT2D eigenvalue weighted by Gasteiger charge is -2.36. The van der Waals surface area contributed by atoms with E-state index in [4.69, 9.17) is 19.4 Å². The van der Waals surface area contributed by atoms with Crippen molar-refractivity contribution in [2.75, 3.05) is 57.2 Å². The molecule has 4 N–H and O–H groups in total. The van der Waals surface area contributed by atoms with Crippen LogP contribution in [0.25, 0.3) is 22.1 Å². The zero-order chi connectivity index (χ0) is 54.4. The maximum absolute atomic E-state index is 16.9. The number of likely N-dealkylation sites (N-methyl/N-ethyl adjacent to an activating group) is 1. The van der Waals surface area contributed by atoms with E-state index in [0.717, 1.165) is 58.5 Å². The van der Waals surface area contributed by atoms with Crippen LogP contribution < -0.4 is 19.9 Å². The third-order valence-electron chi connectivity index (χ3n) is 16.6. The Morgan fingerprint density at radius 2 is 1.19 bits per heavy atom. The quantitative estimate of drug-likeness (QED) is 0.0811. The Morgan fingerprint density at radius 1 is 0.675 bits per heavy atom. The number of imidazole rings is 2. The summed E-state index contributed by atoms with van der Waals surface area (Å²) >= 11 is 0. The predicted octanol–water partition coefficient (Wildman–Crippen LogP) is 10.5. The first-order chi connectivity index (χ1) is 37.0. The standard InChI is InChI=1S/C58H70F2N10O7/c1-32(2)50(65-57(73)77-7)55(71)68-24-8-10-48(68)53-61-42-18-14-36(28-44(42)63-53)46-20-21-47(70(46)38-30-40(59)52(41(60)31-38)67-26-22-35(23-27-67)34-12-16-39(76-6)17-13-34)37-15-19-43-45(29-37)64-54(62-43)49-11-9-25-69(49)56(72)51(33(3)4)66(5)58(74)75/h12-19,28-33,35,46-51H,8-11,20-27H2,1-7H3,(H,61,63)(H,62,64)(H,65,73)(H,74,75)/t46-,47-,48+,49+,50+,51+/m1/s1. The molecule has 77 heavy (non-hydrogen) atoms. The van der Waals surface area contributed by atoms with E-state index in [1.54, 1.807) is 16.9 Å². The molecule has 0 radical (unpaired) electrons. The van der Waals surface area contributed by atoms with Crippen molar-refractivity contribution in [3.63, 3.8) is 0 Å². The molecule has 0 spiro atoms. The maximum Gasteiger partial charge on any atom is 0.407 e. The van der Waals surface area contributed by atoms with Crippen LogP contribution in [0.3, 0.4) is 0 Å². The first kappa shape index (κ1) is 53.0. The molecule has 19 heteroatoms. The zero-order valence-electron chi connectivity index (χ0n) is 44.9. The van der Waals surface area contributed by atoms with E-state index in [0.29, 0.717) is 80.2 Å². The number of alkyl carbamates (subject to hydrolysis) is 1. The summed E-state index contributed by atoms with van der Waals surface area (Å²) in [5, 5.41) is 12.5. The molecule has 17 nitrogen and oxygen atoms in total. The molecule has 4 aromatic carbocycles. The minimum absolute atomic E-state index is 0.0268. The van der Waals surface area contributed by atoms with Crippen molar-refractivity contribution in [2.45, 2.75) is 121 Å². The highest BCUT2D eigenvalue weighted by atomic mass is 19.1. The van der Waals surface area contributed by atoms with E-state index < -0.39 is 35.9 Å². The summed E-state index contributed by atoms with van der Waals surface area (Å²) in [6.45, 7) is 9.44. The first-order valence-corrected chi connectivity index (χ1v) is 27.1. The molecule has 4 saturated heterocycles. The zero-order valence-corrected chi connectivity index (χ0v) is 44.9. The van der Waals surface area contributed by atoms with Crippen molar-refractivity contribution in [3.8, 4) is 5.75 Å². The smallest absolute Gasteiger partial charge is 0.407 e. The number of hydrogen-bond donors (Lipinski definition) is 4. The average molecular weight is 1060 g/mol. The second kappa shape index (κ2) is 21.9. The predicted molar refractivity (Wildman–Crippen MR) is 289 cm³/mol. The highest BCUT2D eigenvalue weighted by molar-refractivity contribution is 5.87. The number of likely N-dealkylation sites (tertiary alicyclic amines) is 2. The number of amides is 4. The molecule has 4 fully saturated rings. The number of fused-ring (bicyclic) bond motifs is 2. The Bertz CT molecular complexity index is 3130. The van der Waals surface area contributed by atoms with Crippen LogP contribution in [0.2, 0.25) is 0 Å². The van der Waals surface area contributed by atoms with E-state index in [2.05, 4.69) is 32.3 Å². The van der Waals surface area contributed by atoms with Gasteiger partial charge in [0, 0.05) is 38.9 Å². The molecule has 10 rings (SSSR count). The van der Waals surface area contributed by atoms with Crippen LogP contribution in [0.1, 0.15) is 137 Å². The monoisotopic (exact) mass is 1060 g/mol. The lowest BCUT2D eigenvalue weighted by atomic mass is 9.89. The summed E-state index contributed by atoms with van der Waals surface area (Å²) in [6.07, 6.45) is 3.83. The van der Waals surface area contributed by atoms with E-state index in [9.17, 15) is 24.3 Å². The number of H-pyrrole nitrogens is 2. The lowest BCUT2D eigenvalue weighted by Crippen LogP contribution is -2.51. The Hall–Kier alpha value is -7.44. The van der Waals surface area contributed by atoms with Crippen molar-refractivity contribution in [2.24, 2.45) is 11.8 Å². The molecule has 6 heterocycles. The molecule has 6 atom stereocenters. The molecule has 0 bridgehead atoms. The van der Waals surface area contributed by atoms with Gasteiger partial charge >= 0.3 is 12.2 Å². The van der Waals surface area contributed by atoms with Gasteiger partial charge in [-0.25, -0.2) is 28.3 Å². The molecule has 0 aliphatic carbocycles. The van der Waals surface area contributed by atoms with Gasteiger partial charge in [-0.05, 0) is 134 Å². The molecular weight excluding hydrogens is 987 g/mol. The van der Waals surface area contributed by atoms with Crippen molar-refractivity contribution >= 4 is 57.4 Å². The van der Waals surface area contributed by atoms with Gasteiger partial charge in [0.2, 0.25) is 11.8 Å². The summed E-state index contributed by atoms with van der Waals surface area (Å²) in [5.74, 6) is 0.157. The number of nitrogens with one attached hydrogen (secondary N) is 3. The summed E-state index contributed by atoms with van der Waals surface area (Å²) in [4.78, 5) is 77.9. The molecule has 6 aromatic rings. The number of anilines is 2. The molecule has 408 valence electrons. The Kier molecular flexibility index (Phi) is 15.1. The van der Waals surface area contributed by atoms with Crippen LogP contribution in [-0.2, 0) is 14.3 Å². The normalized spacial score (nSPS) is 20.9. The molecular formula is C58H70F2N10O7. The van der Waals surface area contributed by atoms with Gasteiger partial charge in [-0.2, -0.15) is 0 Å². The van der Waals surface area contributed by atoms with Crippen LogP contribution >= 0.6 is 0 Å². The van der Waals surface area contributed by atoms with E-state index in [1.807, 2.05) is 81.1 Å². The van der Waals surface area contributed by atoms with Gasteiger partial charge in [-0.1, -0.05) is 52.0 Å². The molecule has 2 aromatic heterocycles. The number of benzene rings is 4. The first-order valence-electron chi connectivity index (χ1n) is 27.1. The summed E-state index contributed by atoms with van der Waals surface area (Å²) in [6, 6.07) is 20.0. The number of aromatic nitrogens is 4. The van der Waals surface area contributed by atoms with Crippen LogP contribution in [-0.4, -0.2) is 123 Å². The van der Waals surface area contributed by atoms with Crippen molar-refractivity contribution in [1.29, 1.82) is 0 Å². The van der Waals surface area contributed by atoms with Gasteiger partial charge in [0.05, 0.1) is 60.5 Å². The highest BCUT2D eigenvalue weighted by Gasteiger charge is 2.42. The minimum atomic E-state index is -1.17. The molecule has 4 aliphatic rings. The third-order valence-corrected chi connectivity index (χ3v) is 16.6. The van der Waals surface area contributed by atoms with Gasteiger partial charge in [0.25, 0.3) is 0 Å². The maximum atomic E-state index is 16.9. The van der Waals surface area contributed by atoms with Gasteiger partial charge in [-0.3, -0.25) is 14.5 Å². The largest absolute Gasteiger partial charge is 0.497 e. The number of rotatable bonds is 14.